The topological polar surface area (TPSA) is 84.3 Å². The number of nitrogens with one attached hydrogen (secondary N) is 2. The molecule has 0 spiro atoms. The molecular formula is C27H26N6OS. The molecule has 0 aliphatic carbocycles. The highest BCUT2D eigenvalue weighted by Crippen LogP contribution is 2.35. The normalized spacial score (nSPS) is 17.0. The predicted octanol–water partition coefficient (Wildman–Crippen LogP) is 5.43. The van der Waals surface area contributed by atoms with Crippen LogP contribution in [0, 0.1) is 0 Å². The Hall–Kier alpha value is -3.62. The molecule has 1 saturated heterocycles. The van der Waals surface area contributed by atoms with E-state index in [4.69, 9.17) is 14.7 Å². The summed E-state index contributed by atoms with van der Waals surface area (Å²) < 4.78 is 6.15. The van der Waals surface area contributed by atoms with Crippen LogP contribution in [0.25, 0.3) is 10.6 Å². The quantitative estimate of drug-likeness (QED) is 0.366. The second-order valence-electron chi connectivity index (χ2n) is 8.85. The summed E-state index contributed by atoms with van der Waals surface area (Å²) >= 11 is 1.51. The molecule has 2 aromatic carbocycles. The summed E-state index contributed by atoms with van der Waals surface area (Å²) in [6.07, 6.45) is 5.81. The Balaban J connectivity index is 1.12. The van der Waals surface area contributed by atoms with Gasteiger partial charge in [0, 0.05) is 37.3 Å². The second kappa shape index (κ2) is 9.93. The highest BCUT2D eigenvalue weighted by molar-refractivity contribution is 7.13. The molecule has 0 saturated carbocycles. The van der Waals surface area contributed by atoms with Gasteiger partial charge in [0.1, 0.15) is 10.6 Å². The molecule has 2 aromatic heterocycles. The van der Waals surface area contributed by atoms with E-state index in [-0.39, 0.29) is 0 Å². The zero-order chi connectivity index (χ0) is 23.5. The van der Waals surface area contributed by atoms with Gasteiger partial charge in [-0.25, -0.2) is 15.0 Å². The van der Waals surface area contributed by atoms with Crippen LogP contribution in [0.2, 0.25) is 0 Å². The highest BCUT2D eigenvalue weighted by atomic mass is 32.1. The number of rotatable bonds is 7. The maximum absolute atomic E-state index is 6.15. The lowest BCUT2D eigenvalue weighted by atomic mass is 10.0. The van der Waals surface area contributed by atoms with Gasteiger partial charge in [-0.15, -0.1) is 11.3 Å². The van der Waals surface area contributed by atoms with Gasteiger partial charge in [0.15, 0.2) is 0 Å². The molecule has 0 unspecified atom stereocenters. The van der Waals surface area contributed by atoms with Crippen molar-refractivity contribution in [3.63, 3.8) is 0 Å². The van der Waals surface area contributed by atoms with Crippen molar-refractivity contribution in [2.24, 2.45) is 4.99 Å². The molecule has 4 heterocycles. The molecule has 1 fully saturated rings. The summed E-state index contributed by atoms with van der Waals surface area (Å²) in [7, 11) is 0. The molecule has 0 amide bonds. The first-order valence-corrected chi connectivity index (χ1v) is 12.8. The van der Waals surface area contributed by atoms with E-state index in [1.165, 1.54) is 28.2 Å². The number of hydrogen-bond acceptors (Lipinski definition) is 8. The number of aliphatic imine (C=N–C) groups is 1. The van der Waals surface area contributed by atoms with Crippen LogP contribution in [-0.4, -0.2) is 39.8 Å². The van der Waals surface area contributed by atoms with Crippen molar-refractivity contribution >= 4 is 28.7 Å². The van der Waals surface area contributed by atoms with Gasteiger partial charge in [-0.3, -0.25) is 4.99 Å². The van der Waals surface area contributed by atoms with E-state index in [1.807, 2.05) is 24.3 Å². The van der Waals surface area contributed by atoms with E-state index < -0.39 is 0 Å². The van der Waals surface area contributed by atoms with Crippen molar-refractivity contribution in [1.29, 1.82) is 0 Å². The Kier molecular flexibility index (Phi) is 6.21. The number of hydrogen-bond donors (Lipinski definition) is 2. The smallest absolute Gasteiger partial charge is 0.239 e. The molecular weight excluding hydrogens is 456 g/mol. The van der Waals surface area contributed by atoms with Gasteiger partial charge in [0.2, 0.25) is 11.8 Å². The average Bonchev–Trinajstić information content (AvgIpc) is 3.52. The lowest BCUT2D eigenvalue weighted by molar-refractivity contribution is 0.467. The fourth-order valence-corrected chi connectivity index (χ4v) is 5.20. The first-order chi connectivity index (χ1) is 17.3. The van der Waals surface area contributed by atoms with Crippen LogP contribution in [0.1, 0.15) is 24.0 Å². The fourth-order valence-electron chi connectivity index (χ4n) is 4.51. The van der Waals surface area contributed by atoms with Crippen LogP contribution in [0.5, 0.6) is 11.6 Å². The number of piperidine rings is 1. The van der Waals surface area contributed by atoms with Gasteiger partial charge in [-0.2, -0.15) is 0 Å². The van der Waals surface area contributed by atoms with Gasteiger partial charge >= 0.3 is 0 Å². The Morgan fingerprint density at radius 1 is 1.06 bits per heavy atom. The van der Waals surface area contributed by atoms with Crippen LogP contribution < -0.4 is 15.4 Å². The molecule has 2 aliphatic heterocycles. The SMILES string of the molecule is c1ccc2c(c1)CC(Cc1ccc(Oc3ncsc3-c3ccnc(N[C@H]4CCCNC4)n3)cc1)=N2. The largest absolute Gasteiger partial charge is 0.438 e. The van der Waals surface area contributed by atoms with Gasteiger partial charge in [-0.05, 0) is 54.8 Å². The Bertz CT molecular complexity index is 1340. The maximum atomic E-state index is 6.15. The summed E-state index contributed by atoms with van der Waals surface area (Å²) in [5, 5.41) is 6.85. The average molecular weight is 483 g/mol. The van der Waals surface area contributed by atoms with Crippen molar-refractivity contribution in [3.8, 4) is 22.2 Å². The third-order valence-electron chi connectivity index (χ3n) is 6.26. The Labute approximate surface area is 208 Å². The second-order valence-corrected chi connectivity index (χ2v) is 9.70. The summed E-state index contributed by atoms with van der Waals surface area (Å²) in [4.78, 5) is 19.2. The standard InChI is InChI=1S/C27H26N6OS/c1-2-6-23-19(4-1)15-21(31-23)14-18-7-9-22(10-8-18)34-26-25(35-17-30-26)24-11-13-29-27(33-24)32-20-5-3-12-28-16-20/h1-2,4,6-11,13,17,20,28H,3,5,12,14-16H2,(H,29,32,33)/t20-/m0/s1. The Morgan fingerprint density at radius 2 is 1.97 bits per heavy atom. The molecule has 7 nitrogen and oxygen atoms in total. The predicted molar refractivity (Wildman–Crippen MR) is 140 cm³/mol. The summed E-state index contributed by atoms with van der Waals surface area (Å²) in [6.45, 7) is 2.00. The molecule has 2 aliphatic rings. The number of para-hydroxylation sites is 1. The molecule has 2 N–H and O–H groups in total. The lowest BCUT2D eigenvalue weighted by Crippen LogP contribution is -2.38. The maximum Gasteiger partial charge on any atom is 0.239 e. The zero-order valence-corrected chi connectivity index (χ0v) is 20.1. The molecule has 4 aromatic rings. The fraction of sp³-hybridized carbons (Fsp3) is 0.259. The minimum atomic E-state index is 0.346. The number of thiazole rings is 1. The van der Waals surface area contributed by atoms with E-state index in [0.717, 1.165) is 60.8 Å². The molecule has 0 bridgehead atoms. The van der Waals surface area contributed by atoms with Crippen molar-refractivity contribution in [2.45, 2.75) is 31.7 Å². The van der Waals surface area contributed by atoms with E-state index in [0.29, 0.717) is 17.9 Å². The zero-order valence-electron chi connectivity index (χ0n) is 19.3. The number of benzene rings is 2. The van der Waals surface area contributed by atoms with Crippen molar-refractivity contribution in [2.75, 3.05) is 18.4 Å². The third-order valence-corrected chi connectivity index (χ3v) is 7.09. The van der Waals surface area contributed by atoms with Crippen LogP contribution in [0.3, 0.4) is 0 Å². The third kappa shape index (κ3) is 5.08. The van der Waals surface area contributed by atoms with Gasteiger partial charge in [0.05, 0.1) is 16.9 Å². The van der Waals surface area contributed by atoms with E-state index in [2.05, 4.69) is 50.9 Å². The van der Waals surface area contributed by atoms with Gasteiger partial charge < -0.3 is 15.4 Å². The Morgan fingerprint density at radius 3 is 2.83 bits per heavy atom. The van der Waals surface area contributed by atoms with Crippen molar-refractivity contribution in [3.05, 3.63) is 77.4 Å². The van der Waals surface area contributed by atoms with Gasteiger partial charge in [-0.1, -0.05) is 30.3 Å². The van der Waals surface area contributed by atoms with E-state index >= 15 is 0 Å². The molecule has 8 heteroatoms. The lowest BCUT2D eigenvalue weighted by Gasteiger charge is -2.23. The van der Waals surface area contributed by atoms with Crippen LogP contribution in [0.15, 0.2) is 71.3 Å². The van der Waals surface area contributed by atoms with E-state index in [9.17, 15) is 0 Å². The van der Waals surface area contributed by atoms with Crippen LogP contribution in [-0.2, 0) is 12.8 Å². The monoisotopic (exact) mass is 482 g/mol. The summed E-state index contributed by atoms with van der Waals surface area (Å²) in [6, 6.07) is 18.8. The van der Waals surface area contributed by atoms with E-state index in [1.54, 1.807) is 11.7 Å². The number of aromatic nitrogens is 3. The van der Waals surface area contributed by atoms with Crippen molar-refractivity contribution < 1.29 is 4.74 Å². The minimum absolute atomic E-state index is 0.346. The number of nitrogens with zero attached hydrogens (tertiary/aromatic N) is 4. The summed E-state index contributed by atoms with van der Waals surface area (Å²) in [5.41, 5.74) is 7.40. The van der Waals surface area contributed by atoms with Crippen LogP contribution >= 0.6 is 11.3 Å². The summed E-state index contributed by atoms with van der Waals surface area (Å²) in [5.74, 6) is 1.94. The molecule has 1 atom stereocenters. The van der Waals surface area contributed by atoms with Crippen molar-refractivity contribution in [1.82, 2.24) is 20.3 Å². The number of fused-ring (bicyclic) bond motifs is 1. The number of ether oxygens (including phenoxy) is 1. The minimum Gasteiger partial charge on any atom is -0.438 e. The number of anilines is 1. The molecule has 0 radical (unpaired) electrons. The molecule has 35 heavy (non-hydrogen) atoms. The molecule has 6 rings (SSSR count). The highest BCUT2D eigenvalue weighted by Gasteiger charge is 2.17. The first-order valence-electron chi connectivity index (χ1n) is 12.0. The first kappa shape index (κ1) is 21.9. The van der Waals surface area contributed by atoms with Crippen LogP contribution in [0.4, 0.5) is 11.6 Å². The molecule has 176 valence electrons. The van der Waals surface area contributed by atoms with Gasteiger partial charge in [0.25, 0.3) is 0 Å².